The standard InChI is InChI=1S/C10H12N4O2S2/c1-11-6-8-5-9(7-17-8)18(15,16)14-10-3-2-4-12-13-10/h2-5,7,11H,6H2,1H3,(H,13,14). The lowest BCUT2D eigenvalue weighted by Crippen LogP contribution is -2.13. The maximum atomic E-state index is 12.0. The second-order valence-electron chi connectivity index (χ2n) is 3.49. The Morgan fingerprint density at radius 2 is 2.28 bits per heavy atom. The van der Waals surface area contributed by atoms with Gasteiger partial charge in [0.25, 0.3) is 10.0 Å². The zero-order valence-electron chi connectivity index (χ0n) is 9.62. The summed E-state index contributed by atoms with van der Waals surface area (Å²) in [5, 5.41) is 11.9. The summed E-state index contributed by atoms with van der Waals surface area (Å²) in [4.78, 5) is 1.19. The summed E-state index contributed by atoms with van der Waals surface area (Å²) >= 11 is 1.39. The minimum atomic E-state index is -3.58. The quantitative estimate of drug-likeness (QED) is 0.857. The fourth-order valence-corrected chi connectivity index (χ4v) is 3.60. The maximum Gasteiger partial charge on any atom is 0.263 e. The van der Waals surface area contributed by atoms with Crippen LogP contribution in [0.5, 0.6) is 0 Å². The van der Waals surface area contributed by atoms with E-state index in [1.54, 1.807) is 23.6 Å². The molecular weight excluding hydrogens is 272 g/mol. The van der Waals surface area contributed by atoms with Crippen molar-refractivity contribution in [1.29, 1.82) is 0 Å². The molecule has 0 atom stereocenters. The lowest BCUT2D eigenvalue weighted by atomic mass is 10.5. The van der Waals surface area contributed by atoms with Crippen LogP contribution in [0.4, 0.5) is 5.82 Å². The van der Waals surface area contributed by atoms with Gasteiger partial charge in [-0.25, -0.2) is 8.42 Å². The van der Waals surface area contributed by atoms with Gasteiger partial charge >= 0.3 is 0 Å². The molecule has 0 radical (unpaired) electrons. The Balaban J connectivity index is 2.20. The summed E-state index contributed by atoms with van der Waals surface area (Å²) in [5.74, 6) is 0.207. The van der Waals surface area contributed by atoms with Gasteiger partial charge in [0, 0.05) is 23.0 Å². The Morgan fingerprint density at radius 1 is 1.44 bits per heavy atom. The fraction of sp³-hybridized carbons (Fsp3) is 0.200. The van der Waals surface area contributed by atoms with Gasteiger partial charge in [-0.1, -0.05) is 0 Å². The zero-order valence-corrected chi connectivity index (χ0v) is 11.3. The largest absolute Gasteiger partial charge is 0.315 e. The van der Waals surface area contributed by atoms with Gasteiger partial charge in [0.2, 0.25) is 0 Å². The van der Waals surface area contributed by atoms with Crippen LogP contribution in [0.2, 0.25) is 0 Å². The van der Waals surface area contributed by atoms with E-state index < -0.39 is 10.0 Å². The van der Waals surface area contributed by atoms with E-state index in [-0.39, 0.29) is 10.7 Å². The molecule has 2 N–H and O–H groups in total. The van der Waals surface area contributed by atoms with Gasteiger partial charge < -0.3 is 5.32 Å². The SMILES string of the molecule is CNCc1cc(S(=O)(=O)Nc2cccnn2)cs1. The highest BCUT2D eigenvalue weighted by molar-refractivity contribution is 7.92. The van der Waals surface area contributed by atoms with Crippen LogP contribution >= 0.6 is 11.3 Å². The summed E-state index contributed by atoms with van der Waals surface area (Å²) in [6.45, 7) is 0.644. The number of thiophene rings is 1. The molecule has 2 rings (SSSR count). The molecular formula is C10H12N4O2S2. The average molecular weight is 284 g/mol. The first-order valence-electron chi connectivity index (χ1n) is 5.14. The molecule has 0 spiro atoms. The molecule has 0 aliphatic heterocycles. The first kappa shape index (κ1) is 12.9. The average Bonchev–Trinajstić information content (AvgIpc) is 2.80. The number of nitrogens with zero attached hydrogens (tertiary/aromatic N) is 2. The molecule has 0 aromatic carbocycles. The second-order valence-corrected chi connectivity index (χ2v) is 6.17. The minimum absolute atomic E-state index is 0.207. The number of hydrogen-bond acceptors (Lipinski definition) is 6. The smallest absolute Gasteiger partial charge is 0.263 e. The number of hydrogen-bond donors (Lipinski definition) is 2. The predicted molar refractivity (Wildman–Crippen MR) is 69.9 cm³/mol. The molecule has 0 saturated carbocycles. The van der Waals surface area contributed by atoms with Crippen LogP contribution in [0.15, 0.2) is 34.7 Å². The van der Waals surface area contributed by atoms with Crippen molar-refractivity contribution in [3.05, 3.63) is 34.7 Å². The van der Waals surface area contributed by atoms with Crippen LogP contribution in [-0.2, 0) is 16.6 Å². The lowest BCUT2D eigenvalue weighted by molar-refractivity contribution is 0.601. The van der Waals surface area contributed by atoms with Gasteiger partial charge in [0.05, 0.1) is 4.90 Å². The molecule has 0 bridgehead atoms. The molecule has 0 aliphatic carbocycles. The molecule has 2 aromatic heterocycles. The van der Waals surface area contributed by atoms with Crippen LogP contribution in [0, 0.1) is 0 Å². The Morgan fingerprint density at radius 3 is 2.94 bits per heavy atom. The maximum absolute atomic E-state index is 12.0. The van der Waals surface area contributed by atoms with Crippen LogP contribution in [0.3, 0.4) is 0 Å². The van der Waals surface area contributed by atoms with Crippen molar-refractivity contribution in [2.24, 2.45) is 0 Å². The Labute approximate surface area is 109 Å². The van der Waals surface area contributed by atoms with Crippen molar-refractivity contribution in [2.45, 2.75) is 11.4 Å². The highest BCUT2D eigenvalue weighted by Crippen LogP contribution is 2.20. The van der Waals surface area contributed by atoms with Gasteiger partial charge in [-0.3, -0.25) is 4.72 Å². The zero-order chi connectivity index (χ0) is 13.0. The molecule has 6 nitrogen and oxygen atoms in total. The number of nitrogens with one attached hydrogen (secondary N) is 2. The molecule has 18 heavy (non-hydrogen) atoms. The van der Waals surface area contributed by atoms with E-state index in [4.69, 9.17) is 0 Å². The van der Waals surface area contributed by atoms with Gasteiger partial charge in [0.15, 0.2) is 5.82 Å². The number of anilines is 1. The molecule has 96 valence electrons. The highest BCUT2D eigenvalue weighted by atomic mass is 32.2. The van der Waals surface area contributed by atoms with E-state index in [1.807, 2.05) is 7.05 Å². The lowest BCUT2D eigenvalue weighted by Gasteiger charge is -2.03. The van der Waals surface area contributed by atoms with Crippen LogP contribution in [0.25, 0.3) is 0 Å². The van der Waals surface area contributed by atoms with Crippen molar-refractivity contribution < 1.29 is 8.42 Å². The minimum Gasteiger partial charge on any atom is -0.315 e. The van der Waals surface area contributed by atoms with E-state index in [0.29, 0.717) is 6.54 Å². The third kappa shape index (κ3) is 3.03. The molecule has 0 fully saturated rings. The topological polar surface area (TPSA) is 84.0 Å². The molecule has 0 aliphatic rings. The number of rotatable bonds is 5. The van der Waals surface area contributed by atoms with Crippen molar-refractivity contribution in [3.8, 4) is 0 Å². The van der Waals surface area contributed by atoms with Crippen molar-refractivity contribution in [3.63, 3.8) is 0 Å². The molecule has 2 aromatic rings. The first-order valence-corrected chi connectivity index (χ1v) is 7.50. The van der Waals surface area contributed by atoms with Crippen LogP contribution in [-0.4, -0.2) is 25.7 Å². The summed E-state index contributed by atoms with van der Waals surface area (Å²) < 4.78 is 26.4. The monoisotopic (exact) mass is 284 g/mol. The molecule has 0 unspecified atom stereocenters. The highest BCUT2D eigenvalue weighted by Gasteiger charge is 2.16. The van der Waals surface area contributed by atoms with Crippen molar-refractivity contribution in [1.82, 2.24) is 15.5 Å². The van der Waals surface area contributed by atoms with Gasteiger partial charge in [0.1, 0.15) is 0 Å². The third-order valence-electron chi connectivity index (χ3n) is 2.10. The fourth-order valence-electron chi connectivity index (χ4n) is 1.32. The van der Waals surface area contributed by atoms with Crippen molar-refractivity contribution in [2.75, 3.05) is 11.8 Å². The summed E-state index contributed by atoms with van der Waals surface area (Å²) in [5.41, 5.74) is 0. The number of sulfonamides is 1. The normalized spacial score (nSPS) is 11.4. The molecule has 0 amide bonds. The van der Waals surface area contributed by atoms with E-state index in [9.17, 15) is 8.42 Å². The number of aromatic nitrogens is 2. The van der Waals surface area contributed by atoms with Gasteiger partial charge in [-0.15, -0.1) is 16.4 Å². The summed E-state index contributed by atoms with van der Waals surface area (Å²) in [6.07, 6.45) is 1.48. The van der Waals surface area contributed by atoms with Crippen LogP contribution < -0.4 is 10.0 Å². The second kappa shape index (κ2) is 5.42. The third-order valence-corrected chi connectivity index (χ3v) is 4.52. The summed E-state index contributed by atoms with van der Waals surface area (Å²) in [6, 6.07) is 4.80. The van der Waals surface area contributed by atoms with Crippen LogP contribution in [0.1, 0.15) is 4.88 Å². The van der Waals surface area contributed by atoms with E-state index >= 15 is 0 Å². The van der Waals surface area contributed by atoms with E-state index in [1.165, 1.54) is 17.5 Å². The molecule has 2 heterocycles. The first-order chi connectivity index (χ1) is 8.62. The molecule has 0 saturated heterocycles. The predicted octanol–water partition coefficient (Wildman–Crippen LogP) is 1.06. The van der Waals surface area contributed by atoms with Gasteiger partial charge in [-0.2, -0.15) is 5.10 Å². The van der Waals surface area contributed by atoms with Gasteiger partial charge in [-0.05, 0) is 25.2 Å². The van der Waals surface area contributed by atoms with E-state index in [2.05, 4.69) is 20.2 Å². The Hall–Kier alpha value is -1.51. The Bertz CT molecular complexity index is 610. The van der Waals surface area contributed by atoms with Crippen molar-refractivity contribution >= 4 is 27.2 Å². The Kier molecular flexibility index (Phi) is 3.90. The molecule has 8 heteroatoms. The van der Waals surface area contributed by atoms with E-state index in [0.717, 1.165) is 4.88 Å². The summed E-state index contributed by atoms with van der Waals surface area (Å²) in [7, 11) is -1.77.